The van der Waals surface area contributed by atoms with Crippen molar-refractivity contribution in [1.29, 1.82) is 0 Å². The highest BCUT2D eigenvalue weighted by atomic mass is 19.3. The van der Waals surface area contributed by atoms with Crippen LogP contribution in [0.5, 0.6) is 0 Å². The summed E-state index contributed by atoms with van der Waals surface area (Å²) in [6.07, 6.45) is 4.35. The highest BCUT2D eigenvalue weighted by Crippen LogP contribution is 2.37. The fraction of sp³-hybridized carbons (Fsp3) is 1.00. The lowest BCUT2D eigenvalue weighted by atomic mass is 9.85. The summed E-state index contributed by atoms with van der Waals surface area (Å²) in [5.41, 5.74) is 0. The Bertz CT molecular complexity index is 263. The average molecular weight is 274 g/mol. The third kappa shape index (κ3) is 4.99. The van der Waals surface area contributed by atoms with Gasteiger partial charge in [0.1, 0.15) is 0 Å². The zero-order valence-electron chi connectivity index (χ0n) is 12.1. The molecule has 1 unspecified atom stereocenters. The second-order valence-electron chi connectivity index (χ2n) is 6.37. The lowest BCUT2D eigenvalue weighted by molar-refractivity contribution is -0.0579. The van der Waals surface area contributed by atoms with Gasteiger partial charge in [-0.25, -0.2) is 8.78 Å². The second kappa shape index (κ2) is 6.98. The van der Waals surface area contributed by atoms with Crippen LogP contribution in [0.25, 0.3) is 0 Å². The molecule has 1 N–H and O–H groups in total. The maximum atomic E-state index is 13.4. The fourth-order valence-corrected chi connectivity index (χ4v) is 3.52. The van der Waals surface area contributed by atoms with Gasteiger partial charge < -0.3 is 10.2 Å². The van der Waals surface area contributed by atoms with Gasteiger partial charge in [0.25, 0.3) is 0 Å². The van der Waals surface area contributed by atoms with E-state index in [2.05, 4.69) is 17.1 Å². The Kier molecular flexibility index (Phi) is 5.58. The number of alkyl halides is 2. The van der Waals surface area contributed by atoms with E-state index < -0.39 is 5.92 Å². The topological polar surface area (TPSA) is 15.3 Å². The molecule has 1 saturated carbocycles. The van der Waals surface area contributed by atoms with E-state index in [0.717, 1.165) is 45.1 Å². The van der Waals surface area contributed by atoms with Gasteiger partial charge in [-0.3, -0.25) is 0 Å². The largest absolute Gasteiger partial charge is 0.317 e. The van der Waals surface area contributed by atoms with E-state index in [4.69, 9.17) is 0 Å². The molecule has 0 aromatic heterocycles. The summed E-state index contributed by atoms with van der Waals surface area (Å²) < 4.78 is 26.8. The third-order valence-corrected chi connectivity index (χ3v) is 4.65. The molecule has 112 valence electrons. The van der Waals surface area contributed by atoms with Gasteiger partial charge in [0.2, 0.25) is 5.92 Å². The lowest BCUT2D eigenvalue weighted by Crippen LogP contribution is -2.41. The molecule has 0 radical (unpaired) electrons. The minimum atomic E-state index is -2.40. The first-order valence-corrected chi connectivity index (χ1v) is 7.90. The predicted octanol–water partition coefficient (Wildman–Crippen LogP) is 3.13. The number of hydrogen-bond acceptors (Lipinski definition) is 2. The fourth-order valence-electron chi connectivity index (χ4n) is 3.52. The van der Waals surface area contributed by atoms with Crippen molar-refractivity contribution in [1.82, 2.24) is 10.2 Å². The van der Waals surface area contributed by atoms with E-state index in [1.54, 1.807) is 0 Å². The van der Waals surface area contributed by atoms with Crippen molar-refractivity contribution in [2.24, 2.45) is 11.8 Å². The summed E-state index contributed by atoms with van der Waals surface area (Å²) in [5, 5.41) is 3.41. The van der Waals surface area contributed by atoms with Crippen LogP contribution in [0.3, 0.4) is 0 Å². The van der Waals surface area contributed by atoms with Crippen LogP contribution in [0, 0.1) is 11.8 Å². The molecule has 2 nitrogen and oxygen atoms in total. The molecule has 2 aliphatic rings. The second-order valence-corrected chi connectivity index (χ2v) is 6.37. The van der Waals surface area contributed by atoms with Crippen LogP contribution in [0.15, 0.2) is 0 Å². The minimum Gasteiger partial charge on any atom is -0.317 e. The van der Waals surface area contributed by atoms with Crippen molar-refractivity contribution < 1.29 is 8.78 Å². The minimum absolute atomic E-state index is 0.105. The Morgan fingerprint density at radius 3 is 2.53 bits per heavy atom. The van der Waals surface area contributed by atoms with Gasteiger partial charge in [0.05, 0.1) is 0 Å². The Labute approximate surface area is 115 Å². The lowest BCUT2D eigenvalue weighted by Gasteiger charge is -2.37. The van der Waals surface area contributed by atoms with Crippen LogP contribution in [0.2, 0.25) is 0 Å². The van der Waals surface area contributed by atoms with Gasteiger partial charge in [0, 0.05) is 19.4 Å². The molecule has 4 heteroatoms. The summed E-state index contributed by atoms with van der Waals surface area (Å²) in [6.45, 7) is 7.38. The van der Waals surface area contributed by atoms with Gasteiger partial charge in [-0.15, -0.1) is 0 Å². The molecule has 0 bridgehead atoms. The Hall–Kier alpha value is -0.220. The molecule has 0 spiro atoms. The molecule has 1 heterocycles. The van der Waals surface area contributed by atoms with Gasteiger partial charge >= 0.3 is 0 Å². The molecule has 0 aromatic rings. The monoisotopic (exact) mass is 274 g/mol. The molecule has 2 rings (SSSR count). The molecule has 19 heavy (non-hydrogen) atoms. The molecule has 0 amide bonds. The standard InChI is InChI=1S/C15H28F2N2/c1-2-18-11-13-5-8-19(9-6-13)12-14-4-3-7-15(16,17)10-14/h13-14,18H,2-12H2,1H3. The summed E-state index contributed by atoms with van der Waals surface area (Å²) in [4.78, 5) is 2.41. The van der Waals surface area contributed by atoms with Crippen molar-refractivity contribution in [3.63, 3.8) is 0 Å². The van der Waals surface area contributed by atoms with Crippen molar-refractivity contribution in [2.75, 3.05) is 32.7 Å². The van der Waals surface area contributed by atoms with Crippen LogP contribution < -0.4 is 5.32 Å². The Morgan fingerprint density at radius 1 is 1.16 bits per heavy atom. The first-order chi connectivity index (χ1) is 9.09. The molecular weight excluding hydrogens is 246 g/mol. The first-order valence-electron chi connectivity index (χ1n) is 7.90. The van der Waals surface area contributed by atoms with Crippen molar-refractivity contribution in [3.8, 4) is 0 Å². The van der Waals surface area contributed by atoms with E-state index in [1.807, 2.05) is 0 Å². The zero-order valence-corrected chi connectivity index (χ0v) is 12.1. The van der Waals surface area contributed by atoms with Crippen LogP contribution in [0.1, 0.15) is 45.4 Å². The predicted molar refractivity (Wildman–Crippen MR) is 74.6 cm³/mol. The number of likely N-dealkylation sites (tertiary alicyclic amines) is 1. The van der Waals surface area contributed by atoms with Gasteiger partial charge in [-0.2, -0.15) is 0 Å². The zero-order chi connectivity index (χ0) is 13.7. The number of nitrogens with one attached hydrogen (secondary N) is 1. The summed E-state index contributed by atoms with van der Waals surface area (Å²) in [6, 6.07) is 0. The van der Waals surface area contributed by atoms with Crippen molar-refractivity contribution >= 4 is 0 Å². The summed E-state index contributed by atoms with van der Waals surface area (Å²) in [7, 11) is 0. The highest BCUT2D eigenvalue weighted by Gasteiger charge is 2.36. The van der Waals surface area contributed by atoms with Crippen molar-refractivity contribution in [2.45, 2.75) is 51.4 Å². The van der Waals surface area contributed by atoms with E-state index in [-0.39, 0.29) is 18.8 Å². The average Bonchev–Trinajstić information content (AvgIpc) is 2.37. The van der Waals surface area contributed by atoms with Gasteiger partial charge in [-0.05, 0) is 63.7 Å². The van der Waals surface area contributed by atoms with Crippen LogP contribution in [0.4, 0.5) is 8.78 Å². The number of nitrogens with zero attached hydrogens (tertiary/aromatic N) is 1. The van der Waals surface area contributed by atoms with E-state index in [1.165, 1.54) is 12.8 Å². The molecule has 1 atom stereocenters. The normalized spacial score (nSPS) is 29.5. The number of piperidine rings is 1. The Balaban J connectivity index is 1.67. The number of hydrogen-bond donors (Lipinski definition) is 1. The van der Waals surface area contributed by atoms with E-state index in [9.17, 15) is 8.78 Å². The van der Waals surface area contributed by atoms with Crippen LogP contribution in [-0.4, -0.2) is 43.5 Å². The first kappa shape index (κ1) is 15.2. The Morgan fingerprint density at radius 2 is 1.89 bits per heavy atom. The molecule has 2 fully saturated rings. The molecule has 1 aliphatic carbocycles. The van der Waals surface area contributed by atoms with Crippen molar-refractivity contribution in [3.05, 3.63) is 0 Å². The van der Waals surface area contributed by atoms with E-state index in [0.29, 0.717) is 6.42 Å². The molecular formula is C15H28F2N2. The summed E-state index contributed by atoms with van der Waals surface area (Å²) in [5.74, 6) is -1.40. The maximum Gasteiger partial charge on any atom is 0.248 e. The smallest absolute Gasteiger partial charge is 0.248 e. The summed E-state index contributed by atoms with van der Waals surface area (Å²) >= 11 is 0. The maximum absolute atomic E-state index is 13.4. The third-order valence-electron chi connectivity index (χ3n) is 4.65. The number of halogens is 2. The van der Waals surface area contributed by atoms with Crippen LogP contribution in [-0.2, 0) is 0 Å². The van der Waals surface area contributed by atoms with Gasteiger partial charge in [0.15, 0.2) is 0 Å². The SMILES string of the molecule is CCNCC1CCN(CC2CCCC(F)(F)C2)CC1. The molecule has 1 saturated heterocycles. The highest BCUT2D eigenvalue weighted by molar-refractivity contribution is 4.82. The number of rotatable bonds is 5. The quantitative estimate of drug-likeness (QED) is 0.828. The molecule has 1 aliphatic heterocycles. The molecule has 0 aromatic carbocycles. The van der Waals surface area contributed by atoms with E-state index >= 15 is 0 Å². The van der Waals surface area contributed by atoms with Gasteiger partial charge in [-0.1, -0.05) is 6.92 Å². The van der Waals surface area contributed by atoms with Crippen LogP contribution >= 0.6 is 0 Å².